The van der Waals surface area contributed by atoms with Crippen molar-refractivity contribution in [3.63, 3.8) is 0 Å². The normalized spacial score (nSPS) is 11.9. The predicted molar refractivity (Wildman–Crippen MR) is 94.5 cm³/mol. The Morgan fingerprint density at radius 3 is 2.26 bits per heavy atom. The van der Waals surface area contributed by atoms with Crippen molar-refractivity contribution in [2.45, 2.75) is 26.3 Å². The summed E-state index contributed by atoms with van der Waals surface area (Å²) in [4.78, 5) is 10.6. The van der Waals surface area contributed by atoms with E-state index in [9.17, 15) is 0 Å². The standard InChI is InChI=1S/C17H22N6/c1-17(2,3)23-16-13(15(18)19-10-20-16)14(21-23)11-6-8-12(9-7-11)22(4)5/h6-10H,1-5H3,(H2,18,19,20). The van der Waals surface area contributed by atoms with Crippen molar-refractivity contribution in [1.82, 2.24) is 19.7 Å². The molecule has 1 aromatic carbocycles. The van der Waals surface area contributed by atoms with Crippen LogP contribution in [-0.4, -0.2) is 33.8 Å². The Labute approximate surface area is 136 Å². The van der Waals surface area contributed by atoms with Crippen LogP contribution in [0.1, 0.15) is 20.8 Å². The number of rotatable bonds is 2. The van der Waals surface area contributed by atoms with Crippen molar-refractivity contribution < 1.29 is 0 Å². The monoisotopic (exact) mass is 310 g/mol. The highest BCUT2D eigenvalue weighted by Gasteiger charge is 2.23. The summed E-state index contributed by atoms with van der Waals surface area (Å²) in [5.41, 5.74) is 9.64. The lowest BCUT2D eigenvalue weighted by atomic mass is 10.1. The minimum Gasteiger partial charge on any atom is -0.383 e. The molecule has 0 aliphatic rings. The lowest BCUT2D eigenvalue weighted by Crippen LogP contribution is -2.23. The number of anilines is 2. The Hall–Kier alpha value is -2.63. The predicted octanol–water partition coefficient (Wildman–Crippen LogP) is 2.90. The number of hydrogen-bond acceptors (Lipinski definition) is 5. The van der Waals surface area contributed by atoms with Crippen LogP contribution in [0.15, 0.2) is 30.6 Å². The summed E-state index contributed by atoms with van der Waals surface area (Å²) >= 11 is 0. The molecule has 0 saturated heterocycles. The topological polar surface area (TPSA) is 72.9 Å². The number of fused-ring (bicyclic) bond motifs is 1. The molecule has 0 aliphatic heterocycles. The van der Waals surface area contributed by atoms with Crippen LogP contribution in [0.5, 0.6) is 0 Å². The number of benzene rings is 1. The maximum atomic E-state index is 6.12. The molecule has 6 heteroatoms. The molecular weight excluding hydrogens is 288 g/mol. The fourth-order valence-electron chi connectivity index (χ4n) is 2.56. The van der Waals surface area contributed by atoms with Crippen LogP contribution in [0.4, 0.5) is 11.5 Å². The van der Waals surface area contributed by atoms with Crippen molar-refractivity contribution in [3.05, 3.63) is 30.6 Å². The average molecular weight is 310 g/mol. The van der Waals surface area contributed by atoms with E-state index in [1.54, 1.807) is 0 Å². The van der Waals surface area contributed by atoms with E-state index < -0.39 is 0 Å². The number of nitrogen functional groups attached to an aromatic ring is 1. The van der Waals surface area contributed by atoms with Gasteiger partial charge in [-0.1, -0.05) is 12.1 Å². The summed E-state index contributed by atoms with van der Waals surface area (Å²) in [7, 11) is 4.04. The lowest BCUT2D eigenvalue weighted by Gasteiger charge is -2.19. The Balaban J connectivity index is 2.25. The van der Waals surface area contributed by atoms with E-state index >= 15 is 0 Å². The third kappa shape index (κ3) is 2.60. The Bertz CT molecular complexity index is 840. The number of nitrogens with two attached hydrogens (primary N) is 1. The van der Waals surface area contributed by atoms with Crippen LogP contribution in [-0.2, 0) is 5.54 Å². The Morgan fingerprint density at radius 1 is 1.04 bits per heavy atom. The van der Waals surface area contributed by atoms with E-state index in [-0.39, 0.29) is 5.54 Å². The average Bonchev–Trinajstić information content (AvgIpc) is 2.88. The molecular formula is C17H22N6. The van der Waals surface area contributed by atoms with Gasteiger partial charge in [0.15, 0.2) is 5.65 Å². The van der Waals surface area contributed by atoms with Gasteiger partial charge in [0.2, 0.25) is 0 Å². The van der Waals surface area contributed by atoms with Crippen molar-refractivity contribution >= 4 is 22.5 Å². The van der Waals surface area contributed by atoms with Crippen LogP contribution >= 0.6 is 0 Å². The first kappa shape index (κ1) is 15.3. The molecule has 3 aromatic rings. The summed E-state index contributed by atoms with van der Waals surface area (Å²) in [5.74, 6) is 0.456. The van der Waals surface area contributed by atoms with Crippen LogP contribution in [0.25, 0.3) is 22.3 Å². The highest BCUT2D eigenvalue weighted by molar-refractivity contribution is 5.98. The highest BCUT2D eigenvalue weighted by atomic mass is 15.3. The van der Waals surface area contributed by atoms with Gasteiger partial charge in [0.1, 0.15) is 17.8 Å². The van der Waals surface area contributed by atoms with E-state index in [0.717, 1.165) is 28.0 Å². The Morgan fingerprint density at radius 2 is 1.70 bits per heavy atom. The van der Waals surface area contributed by atoms with E-state index in [1.165, 1.54) is 6.33 Å². The summed E-state index contributed by atoms with van der Waals surface area (Å²) in [6.45, 7) is 6.28. The molecule has 120 valence electrons. The van der Waals surface area contributed by atoms with Gasteiger partial charge >= 0.3 is 0 Å². The molecule has 0 bridgehead atoms. The maximum absolute atomic E-state index is 6.12. The third-order valence-electron chi connectivity index (χ3n) is 3.79. The fourth-order valence-corrected chi connectivity index (χ4v) is 2.56. The first-order valence-electron chi connectivity index (χ1n) is 7.56. The zero-order chi connectivity index (χ0) is 16.8. The largest absolute Gasteiger partial charge is 0.383 e. The zero-order valence-corrected chi connectivity index (χ0v) is 14.2. The molecule has 0 unspecified atom stereocenters. The van der Waals surface area contributed by atoms with Gasteiger partial charge in [0.05, 0.1) is 10.9 Å². The minimum absolute atomic E-state index is 0.194. The molecule has 6 nitrogen and oxygen atoms in total. The molecule has 0 amide bonds. The number of hydrogen-bond donors (Lipinski definition) is 1. The van der Waals surface area contributed by atoms with E-state index in [2.05, 4.69) is 59.9 Å². The van der Waals surface area contributed by atoms with Crippen molar-refractivity contribution in [1.29, 1.82) is 0 Å². The second-order valence-corrected chi connectivity index (χ2v) is 6.83. The molecule has 2 N–H and O–H groups in total. The number of nitrogens with zero attached hydrogens (tertiary/aromatic N) is 5. The third-order valence-corrected chi connectivity index (χ3v) is 3.79. The first-order valence-corrected chi connectivity index (χ1v) is 7.56. The maximum Gasteiger partial charge on any atom is 0.164 e. The quantitative estimate of drug-likeness (QED) is 0.788. The second kappa shape index (κ2) is 5.22. The second-order valence-electron chi connectivity index (χ2n) is 6.83. The van der Waals surface area contributed by atoms with Crippen LogP contribution in [0.3, 0.4) is 0 Å². The van der Waals surface area contributed by atoms with Gasteiger partial charge in [-0.2, -0.15) is 5.10 Å². The van der Waals surface area contributed by atoms with E-state index in [4.69, 9.17) is 10.8 Å². The lowest BCUT2D eigenvalue weighted by molar-refractivity contribution is 0.367. The molecule has 2 heterocycles. The summed E-state index contributed by atoms with van der Waals surface area (Å²) in [6.07, 6.45) is 1.49. The van der Waals surface area contributed by atoms with Gasteiger partial charge in [-0.05, 0) is 32.9 Å². The van der Waals surface area contributed by atoms with Gasteiger partial charge in [-0.3, -0.25) is 0 Å². The molecule has 0 fully saturated rings. The smallest absolute Gasteiger partial charge is 0.164 e. The van der Waals surface area contributed by atoms with Crippen LogP contribution in [0.2, 0.25) is 0 Å². The van der Waals surface area contributed by atoms with Gasteiger partial charge in [-0.25, -0.2) is 14.6 Å². The highest BCUT2D eigenvalue weighted by Crippen LogP contribution is 2.33. The van der Waals surface area contributed by atoms with Gasteiger partial charge in [-0.15, -0.1) is 0 Å². The molecule has 2 aromatic heterocycles. The minimum atomic E-state index is -0.194. The van der Waals surface area contributed by atoms with E-state index in [0.29, 0.717) is 5.82 Å². The van der Waals surface area contributed by atoms with Crippen LogP contribution in [0, 0.1) is 0 Å². The first-order chi connectivity index (χ1) is 10.8. The summed E-state index contributed by atoms with van der Waals surface area (Å²) in [5, 5.41) is 5.59. The molecule has 3 rings (SSSR count). The molecule has 23 heavy (non-hydrogen) atoms. The Kier molecular flexibility index (Phi) is 3.47. The van der Waals surface area contributed by atoms with E-state index in [1.807, 2.05) is 18.8 Å². The fraction of sp³-hybridized carbons (Fsp3) is 0.353. The van der Waals surface area contributed by atoms with Crippen molar-refractivity contribution in [2.24, 2.45) is 0 Å². The SMILES string of the molecule is CN(C)c1ccc(-c2nn(C(C)(C)C)c3ncnc(N)c23)cc1. The van der Waals surface area contributed by atoms with Gasteiger partial charge in [0.25, 0.3) is 0 Å². The molecule has 0 atom stereocenters. The molecule has 0 radical (unpaired) electrons. The molecule has 0 aliphatic carbocycles. The van der Waals surface area contributed by atoms with Crippen molar-refractivity contribution in [2.75, 3.05) is 24.7 Å². The van der Waals surface area contributed by atoms with Gasteiger partial charge in [0, 0.05) is 25.3 Å². The number of aromatic nitrogens is 4. The van der Waals surface area contributed by atoms with Crippen LogP contribution < -0.4 is 10.6 Å². The zero-order valence-electron chi connectivity index (χ0n) is 14.2. The summed E-state index contributed by atoms with van der Waals surface area (Å²) in [6, 6.07) is 8.24. The molecule has 0 spiro atoms. The van der Waals surface area contributed by atoms with Crippen molar-refractivity contribution in [3.8, 4) is 11.3 Å². The molecule has 0 saturated carbocycles. The van der Waals surface area contributed by atoms with Gasteiger partial charge < -0.3 is 10.6 Å². The summed E-state index contributed by atoms with van der Waals surface area (Å²) < 4.78 is 1.91.